The van der Waals surface area contributed by atoms with E-state index in [1.807, 2.05) is 6.07 Å². The molecule has 1 nitrogen and oxygen atoms in total. The maximum Gasteiger partial charge on any atom is 0.417 e. The molecule has 0 heterocycles. The SMILES string of the molecule is O=C(/C=C/c1ccccc1)c1ccccc1C(F)(F)F. The predicted molar refractivity (Wildman–Crippen MR) is 71.3 cm³/mol. The summed E-state index contributed by atoms with van der Waals surface area (Å²) in [5.74, 6) is -0.665. The van der Waals surface area contributed by atoms with Crippen molar-refractivity contribution in [3.05, 3.63) is 77.4 Å². The van der Waals surface area contributed by atoms with Crippen molar-refractivity contribution >= 4 is 11.9 Å². The highest BCUT2D eigenvalue weighted by Crippen LogP contribution is 2.32. The van der Waals surface area contributed by atoms with Gasteiger partial charge in [0.05, 0.1) is 5.56 Å². The lowest BCUT2D eigenvalue weighted by atomic mass is 10.0. The minimum Gasteiger partial charge on any atom is -0.289 e. The van der Waals surface area contributed by atoms with Gasteiger partial charge in [-0.05, 0) is 17.7 Å². The van der Waals surface area contributed by atoms with Crippen LogP contribution in [0, 0.1) is 0 Å². The number of allylic oxidation sites excluding steroid dienone is 1. The summed E-state index contributed by atoms with van der Waals surface area (Å²) in [6, 6.07) is 13.7. The highest BCUT2D eigenvalue weighted by molar-refractivity contribution is 6.07. The number of hydrogen-bond acceptors (Lipinski definition) is 1. The number of rotatable bonds is 3. The molecule has 0 aliphatic rings. The summed E-state index contributed by atoms with van der Waals surface area (Å²) in [4.78, 5) is 11.9. The van der Waals surface area contributed by atoms with E-state index in [-0.39, 0.29) is 5.56 Å². The lowest BCUT2D eigenvalue weighted by Crippen LogP contribution is -2.11. The number of ketones is 1. The van der Waals surface area contributed by atoms with Crippen LogP contribution in [-0.2, 0) is 6.18 Å². The summed E-state index contributed by atoms with van der Waals surface area (Å²) >= 11 is 0. The summed E-state index contributed by atoms with van der Waals surface area (Å²) in [6.45, 7) is 0. The van der Waals surface area contributed by atoms with Crippen molar-refractivity contribution in [2.24, 2.45) is 0 Å². The second-order valence-electron chi connectivity index (χ2n) is 4.15. The quantitative estimate of drug-likeness (QED) is 0.591. The van der Waals surface area contributed by atoms with Crippen molar-refractivity contribution in [1.82, 2.24) is 0 Å². The van der Waals surface area contributed by atoms with Gasteiger partial charge < -0.3 is 0 Å². The minimum atomic E-state index is -4.53. The molecule has 0 saturated carbocycles. The summed E-state index contributed by atoms with van der Waals surface area (Å²) in [5.41, 5.74) is -0.500. The summed E-state index contributed by atoms with van der Waals surface area (Å²) in [6.07, 6.45) is -1.89. The van der Waals surface area contributed by atoms with Crippen molar-refractivity contribution in [1.29, 1.82) is 0 Å². The molecule has 0 bridgehead atoms. The predicted octanol–water partition coefficient (Wildman–Crippen LogP) is 4.60. The molecule has 0 radical (unpaired) electrons. The van der Waals surface area contributed by atoms with Crippen molar-refractivity contribution in [3.63, 3.8) is 0 Å². The number of carbonyl (C=O) groups excluding carboxylic acids is 1. The third-order valence-corrected chi connectivity index (χ3v) is 2.72. The van der Waals surface area contributed by atoms with Crippen molar-refractivity contribution in [2.45, 2.75) is 6.18 Å². The van der Waals surface area contributed by atoms with Crippen LogP contribution >= 0.6 is 0 Å². The molecule has 0 fully saturated rings. The molecule has 4 heteroatoms. The summed E-state index contributed by atoms with van der Waals surface area (Å²) < 4.78 is 38.4. The van der Waals surface area contributed by atoms with Gasteiger partial charge in [-0.25, -0.2) is 0 Å². The number of hydrogen-bond donors (Lipinski definition) is 0. The fourth-order valence-electron chi connectivity index (χ4n) is 1.77. The molecule has 0 saturated heterocycles. The Morgan fingerprint density at radius 2 is 1.50 bits per heavy atom. The number of carbonyl (C=O) groups is 1. The number of benzene rings is 2. The molecule has 2 aromatic carbocycles. The van der Waals surface area contributed by atoms with Crippen LogP contribution in [0.15, 0.2) is 60.7 Å². The lowest BCUT2D eigenvalue weighted by molar-refractivity contribution is -0.137. The Balaban J connectivity index is 2.29. The van der Waals surface area contributed by atoms with Crippen LogP contribution < -0.4 is 0 Å². The highest BCUT2D eigenvalue weighted by Gasteiger charge is 2.34. The Morgan fingerprint density at radius 3 is 2.15 bits per heavy atom. The summed E-state index contributed by atoms with van der Waals surface area (Å²) in [5, 5.41) is 0. The molecule has 0 amide bonds. The van der Waals surface area contributed by atoms with Gasteiger partial charge in [-0.3, -0.25) is 4.79 Å². The number of halogens is 3. The van der Waals surface area contributed by atoms with Crippen molar-refractivity contribution in [2.75, 3.05) is 0 Å². The van der Waals surface area contributed by atoms with E-state index in [9.17, 15) is 18.0 Å². The average Bonchev–Trinajstić information content (AvgIpc) is 2.45. The van der Waals surface area contributed by atoms with E-state index in [4.69, 9.17) is 0 Å². The molecule has 0 spiro atoms. The second kappa shape index (κ2) is 5.74. The molecular weight excluding hydrogens is 265 g/mol. The van der Waals surface area contributed by atoms with E-state index in [1.165, 1.54) is 24.3 Å². The van der Waals surface area contributed by atoms with E-state index < -0.39 is 17.5 Å². The van der Waals surface area contributed by atoms with Crippen LogP contribution in [0.1, 0.15) is 21.5 Å². The Kier molecular flexibility index (Phi) is 4.03. The van der Waals surface area contributed by atoms with Gasteiger partial charge in [0.1, 0.15) is 0 Å². The fourth-order valence-corrected chi connectivity index (χ4v) is 1.77. The molecule has 2 aromatic rings. The Bertz CT molecular complexity index is 628. The Labute approximate surface area is 114 Å². The normalized spacial score (nSPS) is 11.8. The van der Waals surface area contributed by atoms with Gasteiger partial charge in [0.25, 0.3) is 0 Å². The van der Waals surface area contributed by atoms with Gasteiger partial charge in [0.2, 0.25) is 0 Å². The Hall–Kier alpha value is -2.36. The molecule has 0 N–H and O–H groups in total. The highest BCUT2D eigenvalue weighted by atomic mass is 19.4. The maximum absolute atomic E-state index is 12.8. The second-order valence-corrected chi connectivity index (χ2v) is 4.15. The van der Waals surface area contributed by atoms with E-state index >= 15 is 0 Å². The summed E-state index contributed by atoms with van der Waals surface area (Å²) in [7, 11) is 0. The van der Waals surface area contributed by atoms with E-state index in [0.717, 1.165) is 17.7 Å². The smallest absolute Gasteiger partial charge is 0.289 e. The van der Waals surface area contributed by atoms with Gasteiger partial charge in [0.15, 0.2) is 5.78 Å². The number of alkyl halides is 3. The van der Waals surface area contributed by atoms with Crippen LogP contribution in [0.3, 0.4) is 0 Å². The van der Waals surface area contributed by atoms with Gasteiger partial charge in [-0.15, -0.1) is 0 Å². The molecule has 0 aliphatic carbocycles. The van der Waals surface area contributed by atoms with Crippen LogP contribution in [0.5, 0.6) is 0 Å². The standard InChI is InChI=1S/C16H11F3O/c17-16(18,19)14-9-5-4-8-13(14)15(20)11-10-12-6-2-1-3-7-12/h1-11H/b11-10+. The fraction of sp³-hybridized carbons (Fsp3) is 0.0625. The molecule has 2 rings (SSSR count). The zero-order valence-corrected chi connectivity index (χ0v) is 10.4. The molecule has 0 aliphatic heterocycles. The zero-order valence-electron chi connectivity index (χ0n) is 10.4. The molecule has 102 valence electrons. The molecular formula is C16H11F3O. The van der Waals surface area contributed by atoms with E-state index in [1.54, 1.807) is 24.3 Å². The largest absolute Gasteiger partial charge is 0.417 e. The monoisotopic (exact) mass is 276 g/mol. The first kappa shape index (κ1) is 14.1. The first-order valence-electron chi connectivity index (χ1n) is 5.92. The third kappa shape index (κ3) is 3.35. The average molecular weight is 276 g/mol. The molecule has 0 atom stereocenters. The molecule has 20 heavy (non-hydrogen) atoms. The zero-order chi connectivity index (χ0) is 14.6. The maximum atomic E-state index is 12.8. The first-order chi connectivity index (χ1) is 9.48. The van der Waals surface area contributed by atoms with Crippen molar-refractivity contribution in [3.8, 4) is 0 Å². The van der Waals surface area contributed by atoms with Crippen molar-refractivity contribution < 1.29 is 18.0 Å². The Morgan fingerprint density at radius 1 is 0.900 bits per heavy atom. The van der Waals surface area contributed by atoms with Crippen LogP contribution in [0.2, 0.25) is 0 Å². The topological polar surface area (TPSA) is 17.1 Å². The van der Waals surface area contributed by atoms with Gasteiger partial charge >= 0.3 is 6.18 Å². The molecule has 0 unspecified atom stereocenters. The van der Waals surface area contributed by atoms with Gasteiger partial charge in [0, 0.05) is 5.56 Å². The van der Waals surface area contributed by atoms with Crippen LogP contribution in [0.25, 0.3) is 6.08 Å². The molecule has 0 aromatic heterocycles. The van der Waals surface area contributed by atoms with Gasteiger partial charge in [-0.1, -0.05) is 54.6 Å². The van der Waals surface area contributed by atoms with E-state index in [0.29, 0.717) is 0 Å². The first-order valence-corrected chi connectivity index (χ1v) is 5.92. The lowest BCUT2D eigenvalue weighted by Gasteiger charge is -2.10. The van der Waals surface area contributed by atoms with Gasteiger partial charge in [-0.2, -0.15) is 13.2 Å². The van der Waals surface area contributed by atoms with Crippen LogP contribution in [-0.4, -0.2) is 5.78 Å². The van der Waals surface area contributed by atoms with Crippen LogP contribution in [0.4, 0.5) is 13.2 Å². The minimum absolute atomic E-state index is 0.341. The third-order valence-electron chi connectivity index (χ3n) is 2.72. The van der Waals surface area contributed by atoms with E-state index in [2.05, 4.69) is 0 Å².